The molecule has 1 spiro atoms. The quantitative estimate of drug-likeness (QED) is 0.727. The number of methoxy groups -OCH3 is 1. The first-order chi connectivity index (χ1) is 12.5. The van der Waals surface area contributed by atoms with Gasteiger partial charge < -0.3 is 14.7 Å². The Morgan fingerprint density at radius 3 is 2.22 bits per heavy atom. The van der Waals surface area contributed by atoms with Gasteiger partial charge in [0.15, 0.2) is 0 Å². The number of ether oxygens (including phenoxy) is 1. The third kappa shape index (κ3) is 5.22. The van der Waals surface area contributed by atoms with Crippen molar-refractivity contribution >= 4 is 11.9 Å². The topological polar surface area (TPSA) is 70.1 Å². The predicted octanol–water partition coefficient (Wildman–Crippen LogP) is 2.30. The summed E-state index contributed by atoms with van der Waals surface area (Å²) < 4.78 is 37.3. The highest BCUT2D eigenvalue weighted by molar-refractivity contribution is 5.78. The Kier molecular flexibility index (Phi) is 6.57. The summed E-state index contributed by atoms with van der Waals surface area (Å²) in [5.74, 6) is -2.47. The number of alkyl halides is 3. The molecule has 0 aromatic heterocycles. The van der Waals surface area contributed by atoms with Gasteiger partial charge in [0.05, 0.1) is 12.0 Å². The Morgan fingerprint density at radius 2 is 1.81 bits per heavy atom. The Morgan fingerprint density at radius 1 is 1.22 bits per heavy atom. The van der Waals surface area contributed by atoms with Crippen LogP contribution in [0.4, 0.5) is 13.2 Å². The number of rotatable bonds is 5. The summed E-state index contributed by atoms with van der Waals surface area (Å²) in [7, 11) is 1.74. The van der Waals surface area contributed by atoms with Crippen LogP contribution in [0.5, 0.6) is 0 Å². The second-order valence-corrected chi connectivity index (χ2v) is 7.74. The molecule has 1 amide bonds. The molecule has 27 heavy (non-hydrogen) atoms. The summed E-state index contributed by atoms with van der Waals surface area (Å²) in [5, 5.41) is 7.12. The average molecular weight is 392 g/mol. The van der Waals surface area contributed by atoms with Crippen molar-refractivity contribution < 1.29 is 32.6 Å². The maximum Gasteiger partial charge on any atom is 0.490 e. The molecule has 0 atom stereocenters. The van der Waals surface area contributed by atoms with Crippen molar-refractivity contribution in [2.45, 2.75) is 43.9 Å². The third-order valence-corrected chi connectivity index (χ3v) is 5.72. The van der Waals surface area contributed by atoms with E-state index in [1.54, 1.807) is 7.11 Å². The van der Waals surface area contributed by atoms with E-state index in [9.17, 15) is 18.0 Å². The second-order valence-electron chi connectivity index (χ2n) is 7.74. The van der Waals surface area contributed by atoms with E-state index in [0.717, 1.165) is 45.6 Å². The summed E-state index contributed by atoms with van der Waals surface area (Å²) in [6, 6.07) is 0. The van der Waals surface area contributed by atoms with Crippen LogP contribution in [0.1, 0.15) is 32.1 Å². The molecular formula is C18H27F3N2O4. The van der Waals surface area contributed by atoms with Crippen LogP contribution in [0.25, 0.3) is 0 Å². The van der Waals surface area contributed by atoms with Gasteiger partial charge in [-0.1, -0.05) is 6.08 Å². The first kappa shape index (κ1) is 21.7. The summed E-state index contributed by atoms with van der Waals surface area (Å²) in [5.41, 5.74) is 0.239. The first-order valence-corrected chi connectivity index (χ1v) is 9.01. The Labute approximate surface area is 156 Å². The third-order valence-electron chi connectivity index (χ3n) is 5.72. The van der Waals surface area contributed by atoms with Gasteiger partial charge in [0.1, 0.15) is 0 Å². The molecule has 3 fully saturated rings. The molecule has 9 heteroatoms. The molecule has 1 N–H and O–H groups in total. The zero-order valence-electron chi connectivity index (χ0n) is 15.6. The standard InChI is InChI=1S/C16H26N2O2.C2HF3O2/c1-3-8-17-9-7-15(11-17)12-18(13-15)14(19)10-16(20-2)5-4-6-16;3-2(4,5)1(6)7/h3H,1,4-13H2,2H3;(H,6,7). The number of halogens is 3. The Hall–Kier alpha value is -1.61. The molecule has 2 aliphatic heterocycles. The smallest absolute Gasteiger partial charge is 0.475 e. The molecule has 6 nitrogen and oxygen atoms in total. The highest BCUT2D eigenvalue weighted by Gasteiger charge is 2.50. The van der Waals surface area contributed by atoms with Crippen LogP contribution >= 0.6 is 0 Å². The monoisotopic (exact) mass is 392 g/mol. The number of hydrogen-bond donors (Lipinski definition) is 1. The molecule has 1 saturated carbocycles. The van der Waals surface area contributed by atoms with Gasteiger partial charge in [0.2, 0.25) is 5.91 Å². The maximum atomic E-state index is 12.4. The van der Waals surface area contributed by atoms with Gasteiger partial charge in [-0.2, -0.15) is 13.2 Å². The van der Waals surface area contributed by atoms with Gasteiger partial charge in [-0.05, 0) is 32.2 Å². The minimum absolute atomic E-state index is 0.135. The average Bonchev–Trinajstić information content (AvgIpc) is 2.94. The zero-order chi connectivity index (χ0) is 20.3. The van der Waals surface area contributed by atoms with Crippen LogP contribution in [0.15, 0.2) is 12.7 Å². The SMILES string of the molecule is C=CCN1CCC2(C1)CN(C(=O)CC1(OC)CCC1)C2.O=C(O)C(F)(F)F. The van der Waals surface area contributed by atoms with Gasteiger partial charge in [-0.3, -0.25) is 9.69 Å². The molecule has 0 unspecified atom stereocenters. The van der Waals surface area contributed by atoms with E-state index in [1.807, 2.05) is 11.0 Å². The first-order valence-electron chi connectivity index (χ1n) is 9.01. The van der Waals surface area contributed by atoms with E-state index in [2.05, 4.69) is 11.5 Å². The minimum atomic E-state index is -5.08. The number of carbonyl (C=O) groups is 2. The van der Waals surface area contributed by atoms with Crippen LogP contribution < -0.4 is 0 Å². The fraction of sp³-hybridized carbons (Fsp3) is 0.778. The van der Waals surface area contributed by atoms with Gasteiger partial charge >= 0.3 is 12.1 Å². The van der Waals surface area contributed by atoms with E-state index in [4.69, 9.17) is 14.6 Å². The van der Waals surface area contributed by atoms with Gasteiger partial charge in [-0.15, -0.1) is 6.58 Å². The van der Waals surface area contributed by atoms with Crippen molar-refractivity contribution in [3.8, 4) is 0 Å². The summed E-state index contributed by atoms with van der Waals surface area (Å²) >= 11 is 0. The fourth-order valence-electron chi connectivity index (χ4n) is 3.98. The highest BCUT2D eigenvalue weighted by Crippen LogP contribution is 2.42. The van der Waals surface area contributed by atoms with E-state index in [0.29, 0.717) is 17.7 Å². The molecule has 1 aliphatic carbocycles. The van der Waals surface area contributed by atoms with Gasteiger partial charge in [-0.25, -0.2) is 4.79 Å². The van der Waals surface area contributed by atoms with E-state index < -0.39 is 12.1 Å². The number of aliphatic carboxylic acids is 1. The number of carboxylic acids is 1. The van der Waals surface area contributed by atoms with Crippen molar-refractivity contribution in [3.05, 3.63) is 12.7 Å². The largest absolute Gasteiger partial charge is 0.490 e. The number of nitrogens with zero attached hydrogens (tertiary/aromatic N) is 2. The summed E-state index contributed by atoms with van der Waals surface area (Å²) in [6.45, 7) is 8.94. The zero-order valence-corrected chi connectivity index (χ0v) is 15.6. The molecule has 0 bridgehead atoms. The van der Waals surface area contributed by atoms with Crippen LogP contribution in [0.3, 0.4) is 0 Å². The van der Waals surface area contributed by atoms with E-state index >= 15 is 0 Å². The number of carboxylic acid groups (broad SMARTS) is 1. The van der Waals surface area contributed by atoms with Crippen LogP contribution in [0.2, 0.25) is 0 Å². The molecule has 0 radical (unpaired) electrons. The fourth-order valence-corrected chi connectivity index (χ4v) is 3.98. The highest BCUT2D eigenvalue weighted by atomic mass is 19.4. The number of likely N-dealkylation sites (tertiary alicyclic amines) is 2. The summed E-state index contributed by atoms with van der Waals surface area (Å²) in [4.78, 5) is 25.7. The van der Waals surface area contributed by atoms with Crippen molar-refractivity contribution in [1.82, 2.24) is 9.80 Å². The lowest BCUT2D eigenvalue weighted by atomic mass is 9.75. The lowest BCUT2D eigenvalue weighted by Gasteiger charge is -2.50. The van der Waals surface area contributed by atoms with E-state index in [-0.39, 0.29) is 5.60 Å². The van der Waals surface area contributed by atoms with Crippen LogP contribution in [-0.2, 0) is 14.3 Å². The van der Waals surface area contributed by atoms with Crippen molar-refractivity contribution in [2.75, 3.05) is 39.8 Å². The van der Waals surface area contributed by atoms with Crippen molar-refractivity contribution in [2.24, 2.45) is 5.41 Å². The number of amides is 1. The minimum Gasteiger partial charge on any atom is -0.475 e. The van der Waals surface area contributed by atoms with Crippen LogP contribution in [-0.4, -0.2) is 78.4 Å². The number of hydrogen-bond acceptors (Lipinski definition) is 4. The normalized spacial score (nSPS) is 23.0. The predicted molar refractivity (Wildman–Crippen MR) is 92.2 cm³/mol. The molecule has 0 aromatic carbocycles. The molecule has 2 heterocycles. The van der Waals surface area contributed by atoms with E-state index in [1.165, 1.54) is 12.8 Å². The van der Waals surface area contributed by atoms with Gasteiger partial charge in [0, 0.05) is 38.7 Å². The second kappa shape index (κ2) is 8.18. The lowest BCUT2D eigenvalue weighted by molar-refractivity contribution is -0.192. The molecule has 3 aliphatic rings. The Bertz CT molecular complexity index is 564. The molecule has 2 saturated heterocycles. The number of carbonyl (C=O) groups excluding carboxylic acids is 1. The van der Waals surface area contributed by atoms with Gasteiger partial charge in [0.25, 0.3) is 0 Å². The molecular weight excluding hydrogens is 365 g/mol. The molecule has 3 rings (SSSR count). The van der Waals surface area contributed by atoms with Crippen LogP contribution in [0, 0.1) is 5.41 Å². The Balaban J connectivity index is 0.000000321. The maximum absolute atomic E-state index is 12.4. The summed E-state index contributed by atoms with van der Waals surface area (Å²) in [6.07, 6.45) is 1.97. The van der Waals surface area contributed by atoms with Crippen molar-refractivity contribution in [3.63, 3.8) is 0 Å². The molecule has 154 valence electrons. The van der Waals surface area contributed by atoms with Crippen molar-refractivity contribution in [1.29, 1.82) is 0 Å². The molecule has 0 aromatic rings. The lowest BCUT2D eigenvalue weighted by Crippen LogP contribution is -2.60.